The predicted molar refractivity (Wildman–Crippen MR) is 40.3 cm³/mol. The van der Waals surface area contributed by atoms with E-state index in [1.807, 2.05) is 0 Å². The Morgan fingerprint density at radius 3 is 1.83 bits per heavy atom. The molecule has 0 saturated carbocycles. The summed E-state index contributed by atoms with van der Waals surface area (Å²) in [5.74, 6) is 0. The Kier molecular flexibility index (Phi) is 4.29. The third kappa shape index (κ3) is 2.02. The summed E-state index contributed by atoms with van der Waals surface area (Å²) in [6.07, 6.45) is 0. The van der Waals surface area contributed by atoms with Crippen LogP contribution in [0.1, 0.15) is 2.85 Å². The van der Waals surface area contributed by atoms with E-state index in [-0.39, 0.29) is 40.6 Å². The van der Waals surface area contributed by atoms with Crippen molar-refractivity contribution in [2.24, 2.45) is 0 Å². The summed E-state index contributed by atoms with van der Waals surface area (Å²) < 4.78 is 0.322. The Morgan fingerprint density at radius 2 is 1.50 bits per heavy atom. The zero-order chi connectivity index (χ0) is 8.59. The van der Waals surface area contributed by atoms with Gasteiger partial charge in [0.1, 0.15) is 0 Å². The molecule has 12 heavy (non-hydrogen) atoms. The van der Waals surface area contributed by atoms with Gasteiger partial charge in [-0.15, -0.1) is 8.17 Å². The average Bonchev–Trinajstić information content (AvgIpc) is 1.97. The van der Waals surface area contributed by atoms with Gasteiger partial charge in [-0.25, -0.2) is 14.4 Å². The van der Waals surface area contributed by atoms with Crippen LogP contribution >= 0.6 is 23.6 Å². The van der Waals surface area contributed by atoms with Crippen LogP contribution in [-0.4, -0.2) is 13.2 Å². The fraction of sp³-hybridized carbons (Fsp3) is 0. The SMILES string of the molecule is O=c1[nH]c(=O)n(Cl)c(=O)n1Cl.[H+].[H-].[Na+]. The van der Waals surface area contributed by atoms with Crippen LogP contribution in [-0.2, 0) is 0 Å². The molecule has 0 bridgehead atoms. The molecule has 9 heteroatoms. The van der Waals surface area contributed by atoms with Crippen LogP contribution in [0.5, 0.6) is 0 Å². The second-order valence-corrected chi connectivity index (χ2v) is 2.26. The van der Waals surface area contributed by atoms with Crippen molar-refractivity contribution in [2.75, 3.05) is 0 Å². The first-order chi connectivity index (χ1) is 5.04. The summed E-state index contributed by atoms with van der Waals surface area (Å²) in [5.41, 5.74) is -3.13. The minimum atomic E-state index is -1.10. The Balaban J connectivity index is -0.000000403. The number of halogens is 2. The Hall–Kier alpha value is -0.0100. The number of aromatic amines is 1. The maximum absolute atomic E-state index is 10.7. The van der Waals surface area contributed by atoms with Crippen LogP contribution in [0.3, 0.4) is 0 Å². The predicted octanol–water partition coefficient (Wildman–Crippen LogP) is -4.07. The fourth-order valence-electron chi connectivity index (χ4n) is 0.440. The first-order valence-corrected chi connectivity index (χ1v) is 3.02. The molecule has 0 aliphatic rings. The van der Waals surface area contributed by atoms with Crippen LogP contribution in [0.2, 0.25) is 0 Å². The second-order valence-electron chi connectivity index (χ2n) is 1.58. The molecule has 0 atom stereocenters. The number of hydrogen-bond acceptors (Lipinski definition) is 3. The molecule has 1 aromatic rings. The van der Waals surface area contributed by atoms with Gasteiger partial charge in [0.15, 0.2) is 0 Å². The van der Waals surface area contributed by atoms with Crippen LogP contribution in [0.15, 0.2) is 14.4 Å². The third-order valence-corrected chi connectivity index (χ3v) is 1.50. The molecule has 1 aromatic heterocycles. The standard InChI is InChI=1S/C3HCl2N3O3.Na.H/c4-7-1(9)6-2(10)8(5)3(7)11;;/h(H,6,9,10);;/q;+1;-1/p+1. The summed E-state index contributed by atoms with van der Waals surface area (Å²) in [6.45, 7) is 0. The smallest absolute Gasteiger partial charge is 1.00 e. The molecule has 0 aliphatic heterocycles. The number of aromatic nitrogens is 3. The quantitative estimate of drug-likeness (QED) is 0.454. The molecule has 0 aliphatic carbocycles. The van der Waals surface area contributed by atoms with Gasteiger partial charge in [-0.1, -0.05) is 0 Å². The third-order valence-electron chi connectivity index (χ3n) is 0.906. The fourth-order valence-corrected chi connectivity index (χ4v) is 0.715. The zero-order valence-electron chi connectivity index (χ0n) is 7.88. The largest absolute Gasteiger partial charge is 1.00 e. The van der Waals surface area contributed by atoms with E-state index in [4.69, 9.17) is 23.6 Å². The van der Waals surface area contributed by atoms with Crippen molar-refractivity contribution >= 4 is 23.6 Å². The normalized spacial score (nSPS) is 9.17. The van der Waals surface area contributed by atoms with E-state index in [2.05, 4.69) is 0 Å². The van der Waals surface area contributed by atoms with Gasteiger partial charge in [-0.05, 0) is 0 Å². The maximum atomic E-state index is 10.7. The molecule has 62 valence electrons. The topological polar surface area (TPSA) is 76.9 Å². The van der Waals surface area contributed by atoms with Crippen LogP contribution < -0.4 is 46.6 Å². The maximum Gasteiger partial charge on any atom is 1.00 e. The van der Waals surface area contributed by atoms with Crippen molar-refractivity contribution in [2.45, 2.75) is 0 Å². The molecule has 0 fully saturated rings. The summed E-state index contributed by atoms with van der Waals surface area (Å²) in [4.78, 5) is 33.4. The van der Waals surface area contributed by atoms with Crippen molar-refractivity contribution in [1.29, 1.82) is 0 Å². The molecule has 1 rings (SSSR count). The van der Waals surface area contributed by atoms with Crippen molar-refractivity contribution in [1.82, 2.24) is 13.2 Å². The van der Waals surface area contributed by atoms with Crippen molar-refractivity contribution in [3.8, 4) is 0 Å². The van der Waals surface area contributed by atoms with E-state index in [0.717, 1.165) is 0 Å². The second kappa shape index (κ2) is 4.29. The summed E-state index contributed by atoms with van der Waals surface area (Å²) in [6, 6.07) is 0. The Labute approximate surface area is 100 Å². The van der Waals surface area contributed by atoms with Crippen LogP contribution in [0.25, 0.3) is 0 Å². The molecule has 0 spiro atoms. The molecule has 0 amide bonds. The van der Waals surface area contributed by atoms with Crippen LogP contribution in [0, 0.1) is 0 Å². The number of H-pyrrole nitrogens is 1. The first kappa shape index (κ1) is 12.0. The van der Waals surface area contributed by atoms with E-state index in [1.165, 1.54) is 0 Å². The van der Waals surface area contributed by atoms with Gasteiger partial charge in [-0.3, -0.25) is 4.98 Å². The van der Waals surface area contributed by atoms with Gasteiger partial charge < -0.3 is 1.43 Å². The van der Waals surface area contributed by atoms with Gasteiger partial charge in [0.2, 0.25) is 0 Å². The zero-order valence-corrected chi connectivity index (χ0v) is 9.39. The summed E-state index contributed by atoms with van der Waals surface area (Å²) in [7, 11) is 0. The first-order valence-electron chi connectivity index (χ1n) is 2.34. The average molecular weight is 223 g/mol. The molecule has 0 unspecified atom stereocenters. The van der Waals surface area contributed by atoms with Crippen molar-refractivity contribution in [3.63, 3.8) is 0 Å². The minimum absolute atomic E-state index is 0. The van der Waals surface area contributed by atoms with Crippen LogP contribution in [0.4, 0.5) is 0 Å². The summed E-state index contributed by atoms with van der Waals surface area (Å²) >= 11 is 10.1. The van der Waals surface area contributed by atoms with Gasteiger partial charge in [-0.2, -0.15) is 0 Å². The molecule has 1 N–H and O–H groups in total. The van der Waals surface area contributed by atoms with Crippen molar-refractivity contribution < 1.29 is 32.4 Å². The number of nitrogens with zero attached hydrogens (tertiary/aromatic N) is 2. The number of nitrogens with one attached hydrogen (secondary N) is 1. The van der Waals surface area contributed by atoms with E-state index < -0.39 is 17.1 Å². The molecular weight excluding hydrogens is 220 g/mol. The number of rotatable bonds is 0. The molecule has 0 aromatic carbocycles. The molecule has 1 heterocycles. The molecule has 0 radical (unpaired) electrons. The van der Waals surface area contributed by atoms with E-state index in [0.29, 0.717) is 0 Å². The molecular formula is C3H3Cl2N3NaO3+. The van der Waals surface area contributed by atoms with Crippen molar-refractivity contribution in [3.05, 3.63) is 31.5 Å². The van der Waals surface area contributed by atoms with Gasteiger partial charge in [0.05, 0.1) is 0 Å². The monoisotopic (exact) mass is 222 g/mol. The van der Waals surface area contributed by atoms with Gasteiger partial charge in [0.25, 0.3) is 0 Å². The molecule has 6 nitrogen and oxygen atoms in total. The Morgan fingerprint density at radius 1 is 1.17 bits per heavy atom. The van der Waals surface area contributed by atoms with Gasteiger partial charge >= 0.3 is 48.1 Å². The van der Waals surface area contributed by atoms with E-state index in [9.17, 15) is 14.4 Å². The summed E-state index contributed by atoms with van der Waals surface area (Å²) in [5, 5.41) is 0. The number of hydrogen-bond donors (Lipinski definition) is 1. The van der Waals surface area contributed by atoms with Gasteiger partial charge in [0, 0.05) is 23.6 Å². The minimum Gasteiger partial charge on any atom is -1.00 e. The van der Waals surface area contributed by atoms with E-state index >= 15 is 0 Å². The molecule has 0 saturated heterocycles. The Bertz CT molecular complexity index is 416. The van der Waals surface area contributed by atoms with E-state index in [1.54, 1.807) is 4.98 Å².